The van der Waals surface area contributed by atoms with Crippen LogP contribution in [0.5, 0.6) is 0 Å². The molecule has 1 N–H and O–H groups in total. The van der Waals surface area contributed by atoms with Crippen molar-refractivity contribution in [3.05, 3.63) is 34.3 Å². The van der Waals surface area contributed by atoms with E-state index < -0.39 is 30.5 Å². The lowest BCUT2D eigenvalue weighted by Crippen LogP contribution is -2.47. The van der Waals surface area contributed by atoms with Crippen molar-refractivity contribution in [1.29, 1.82) is 0 Å². The van der Waals surface area contributed by atoms with Crippen molar-refractivity contribution in [3.8, 4) is 0 Å². The third-order valence-electron chi connectivity index (χ3n) is 3.40. The predicted octanol–water partition coefficient (Wildman–Crippen LogP) is 2.31. The number of carbonyl (C=O) groups is 3. The number of methoxy groups -OCH3 is 1. The van der Waals surface area contributed by atoms with Crippen LogP contribution in [0.3, 0.4) is 0 Å². The van der Waals surface area contributed by atoms with Gasteiger partial charge in [-0.1, -0.05) is 36.2 Å². The van der Waals surface area contributed by atoms with E-state index in [2.05, 4.69) is 26.0 Å². The first-order valence-corrected chi connectivity index (χ1v) is 7.98. The van der Waals surface area contributed by atoms with Crippen LogP contribution >= 0.6 is 15.9 Å². The molecule has 0 heterocycles. The molecule has 0 saturated carbocycles. The maximum absolute atomic E-state index is 11.9. The van der Waals surface area contributed by atoms with Crippen molar-refractivity contribution in [2.45, 2.75) is 26.3 Å². The van der Waals surface area contributed by atoms with E-state index >= 15 is 0 Å². The SMILES string of the molecule is CC[C@H](C)[C@H](NC(=O)COC(=O)c1ccc(Br)cc1)C(=O)OC. The average molecular weight is 386 g/mol. The summed E-state index contributed by atoms with van der Waals surface area (Å²) in [5, 5.41) is 2.54. The summed E-state index contributed by atoms with van der Waals surface area (Å²) >= 11 is 3.26. The van der Waals surface area contributed by atoms with E-state index in [1.54, 1.807) is 24.3 Å². The fourth-order valence-electron chi connectivity index (χ4n) is 1.81. The van der Waals surface area contributed by atoms with Crippen LogP contribution in [0.25, 0.3) is 0 Å². The first-order chi connectivity index (χ1) is 10.9. The van der Waals surface area contributed by atoms with Gasteiger partial charge in [-0.15, -0.1) is 0 Å². The van der Waals surface area contributed by atoms with Gasteiger partial charge in [0, 0.05) is 4.47 Å². The second-order valence-electron chi connectivity index (χ2n) is 5.04. The van der Waals surface area contributed by atoms with Crippen molar-refractivity contribution in [3.63, 3.8) is 0 Å². The van der Waals surface area contributed by atoms with Gasteiger partial charge >= 0.3 is 11.9 Å². The van der Waals surface area contributed by atoms with Gasteiger partial charge in [0.1, 0.15) is 6.04 Å². The molecule has 0 saturated heterocycles. The van der Waals surface area contributed by atoms with Crippen LogP contribution in [0.2, 0.25) is 0 Å². The predicted molar refractivity (Wildman–Crippen MR) is 87.8 cm³/mol. The molecule has 0 spiro atoms. The Morgan fingerprint density at radius 2 is 1.83 bits per heavy atom. The molecule has 0 radical (unpaired) electrons. The molecule has 0 aliphatic rings. The average Bonchev–Trinajstić information content (AvgIpc) is 2.56. The van der Waals surface area contributed by atoms with Gasteiger partial charge in [-0.3, -0.25) is 4.79 Å². The van der Waals surface area contributed by atoms with E-state index in [-0.39, 0.29) is 5.92 Å². The number of amides is 1. The number of esters is 2. The molecule has 0 aliphatic heterocycles. The fourth-order valence-corrected chi connectivity index (χ4v) is 2.08. The highest BCUT2D eigenvalue weighted by Gasteiger charge is 2.26. The molecular formula is C16H20BrNO5. The van der Waals surface area contributed by atoms with Crippen molar-refractivity contribution >= 4 is 33.8 Å². The minimum Gasteiger partial charge on any atom is -0.467 e. The molecule has 0 aromatic heterocycles. The lowest BCUT2D eigenvalue weighted by molar-refractivity contribution is -0.147. The number of benzene rings is 1. The van der Waals surface area contributed by atoms with Crippen LogP contribution < -0.4 is 5.32 Å². The largest absolute Gasteiger partial charge is 0.467 e. The molecule has 7 heteroatoms. The molecule has 126 valence electrons. The Bertz CT molecular complexity index is 558. The molecule has 0 fully saturated rings. The van der Waals surface area contributed by atoms with Gasteiger partial charge in [-0.25, -0.2) is 9.59 Å². The van der Waals surface area contributed by atoms with Crippen LogP contribution in [0, 0.1) is 5.92 Å². The topological polar surface area (TPSA) is 81.7 Å². The Morgan fingerprint density at radius 3 is 2.35 bits per heavy atom. The molecule has 0 aliphatic carbocycles. The van der Waals surface area contributed by atoms with Gasteiger partial charge in [-0.05, 0) is 30.2 Å². The van der Waals surface area contributed by atoms with Crippen LogP contribution in [-0.2, 0) is 19.1 Å². The number of halogens is 1. The van der Waals surface area contributed by atoms with Crippen molar-refractivity contribution in [1.82, 2.24) is 5.32 Å². The molecular weight excluding hydrogens is 366 g/mol. The second kappa shape index (κ2) is 9.29. The molecule has 2 atom stereocenters. The molecule has 6 nitrogen and oxygen atoms in total. The first kappa shape index (κ1) is 19.2. The zero-order chi connectivity index (χ0) is 17.4. The molecule has 1 aromatic rings. The molecule has 1 aromatic carbocycles. The van der Waals surface area contributed by atoms with Gasteiger partial charge in [-0.2, -0.15) is 0 Å². The van der Waals surface area contributed by atoms with Gasteiger partial charge in [0.25, 0.3) is 5.91 Å². The van der Waals surface area contributed by atoms with Crippen LogP contribution in [-0.4, -0.2) is 37.6 Å². The number of rotatable bonds is 7. The Kier molecular flexibility index (Phi) is 7.74. The van der Waals surface area contributed by atoms with Crippen LogP contribution in [0.1, 0.15) is 30.6 Å². The highest BCUT2D eigenvalue weighted by molar-refractivity contribution is 9.10. The van der Waals surface area contributed by atoms with Gasteiger partial charge in [0.05, 0.1) is 12.7 Å². The van der Waals surface area contributed by atoms with Crippen LogP contribution in [0.15, 0.2) is 28.7 Å². The van der Waals surface area contributed by atoms with E-state index in [1.807, 2.05) is 13.8 Å². The highest BCUT2D eigenvalue weighted by Crippen LogP contribution is 2.12. The van der Waals surface area contributed by atoms with Crippen LogP contribution in [0.4, 0.5) is 0 Å². The van der Waals surface area contributed by atoms with E-state index in [9.17, 15) is 14.4 Å². The van der Waals surface area contributed by atoms with Gasteiger partial charge in [0.2, 0.25) is 0 Å². The second-order valence-corrected chi connectivity index (χ2v) is 5.95. The zero-order valence-corrected chi connectivity index (χ0v) is 14.9. The summed E-state index contributed by atoms with van der Waals surface area (Å²) in [7, 11) is 1.26. The third kappa shape index (κ3) is 6.02. The van der Waals surface area contributed by atoms with E-state index in [0.29, 0.717) is 12.0 Å². The van der Waals surface area contributed by atoms with Crippen molar-refractivity contribution in [2.24, 2.45) is 5.92 Å². The number of carbonyl (C=O) groups excluding carboxylic acids is 3. The standard InChI is InChI=1S/C16H20BrNO5/c1-4-10(2)14(16(21)22-3)18-13(19)9-23-15(20)11-5-7-12(17)8-6-11/h5-8,10,14H,4,9H2,1-3H3,(H,18,19)/t10-,14-/m0/s1. The van der Waals surface area contributed by atoms with Crippen molar-refractivity contribution in [2.75, 3.05) is 13.7 Å². The summed E-state index contributed by atoms with van der Waals surface area (Å²) in [4.78, 5) is 35.4. The number of ether oxygens (including phenoxy) is 2. The maximum atomic E-state index is 11.9. The minimum atomic E-state index is -0.760. The van der Waals surface area contributed by atoms with Gasteiger partial charge in [0.15, 0.2) is 6.61 Å². The number of nitrogens with one attached hydrogen (secondary N) is 1. The monoisotopic (exact) mass is 385 g/mol. The molecule has 1 amide bonds. The molecule has 1 rings (SSSR count). The Hall–Kier alpha value is -1.89. The van der Waals surface area contributed by atoms with Gasteiger partial charge < -0.3 is 14.8 Å². The summed E-state index contributed by atoms with van der Waals surface area (Å²) in [5.41, 5.74) is 0.340. The fraction of sp³-hybridized carbons (Fsp3) is 0.438. The Balaban J connectivity index is 2.56. The maximum Gasteiger partial charge on any atom is 0.338 e. The lowest BCUT2D eigenvalue weighted by atomic mass is 9.99. The smallest absolute Gasteiger partial charge is 0.338 e. The quantitative estimate of drug-likeness (QED) is 0.728. The normalized spacial score (nSPS) is 12.9. The summed E-state index contributed by atoms with van der Waals surface area (Å²) in [6, 6.07) is 5.81. The molecule has 0 unspecified atom stereocenters. The van der Waals surface area contributed by atoms with E-state index in [4.69, 9.17) is 4.74 Å². The number of hydrogen-bond acceptors (Lipinski definition) is 5. The Morgan fingerprint density at radius 1 is 1.22 bits per heavy atom. The number of hydrogen-bond donors (Lipinski definition) is 1. The lowest BCUT2D eigenvalue weighted by Gasteiger charge is -2.21. The summed E-state index contributed by atoms with van der Waals surface area (Å²) in [6.07, 6.45) is 0.693. The molecule has 23 heavy (non-hydrogen) atoms. The summed E-state index contributed by atoms with van der Waals surface area (Å²) in [5.74, 6) is -1.77. The van der Waals surface area contributed by atoms with E-state index in [0.717, 1.165) is 4.47 Å². The Labute approximate surface area is 143 Å². The summed E-state index contributed by atoms with van der Waals surface area (Å²) < 4.78 is 10.4. The minimum absolute atomic E-state index is 0.0893. The zero-order valence-electron chi connectivity index (χ0n) is 13.3. The van der Waals surface area contributed by atoms with E-state index in [1.165, 1.54) is 7.11 Å². The highest BCUT2D eigenvalue weighted by atomic mass is 79.9. The summed E-state index contributed by atoms with van der Waals surface area (Å²) in [6.45, 7) is 3.27. The first-order valence-electron chi connectivity index (χ1n) is 7.18. The molecule has 0 bridgehead atoms. The van der Waals surface area contributed by atoms with Crippen molar-refractivity contribution < 1.29 is 23.9 Å². The third-order valence-corrected chi connectivity index (χ3v) is 3.93.